The van der Waals surface area contributed by atoms with Gasteiger partial charge in [-0.15, -0.1) is 0 Å². The fourth-order valence-electron chi connectivity index (χ4n) is 2.98. The zero-order valence-electron chi connectivity index (χ0n) is 15.3. The van der Waals surface area contributed by atoms with Crippen LogP contribution in [-0.4, -0.2) is 22.7 Å². The van der Waals surface area contributed by atoms with Crippen molar-refractivity contribution in [3.05, 3.63) is 90.3 Å². The lowest BCUT2D eigenvalue weighted by Crippen LogP contribution is -2.44. The van der Waals surface area contributed by atoms with Crippen LogP contribution in [0.5, 0.6) is 11.5 Å². The number of carbonyl (C=O) groups is 1. The van der Waals surface area contributed by atoms with Crippen LogP contribution in [0.15, 0.2) is 84.2 Å². The fourth-order valence-corrected chi connectivity index (χ4v) is 2.98. The predicted molar refractivity (Wildman–Crippen MR) is 105 cm³/mol. The van der Waals surface area contributed by atoms with Gasteiger partial charge in [0.2, 0.25) is 6.10 Å². The number of hydrogen-bond donors (Lipinski definition) is 1. The highest BCUT2D eigenvalue weighted by Gasteiger charge is 2.38. The third-order valence-corrected chi connectivity index (χ3v) is 4.45. The van der Waals surface area contributed by atoms with E-state index in [2.05, 4.69) is 15.5 Å². The van der Waals surface area contributed by atoms with Gasteiger partial charge in [0.05, 0.1) is 5.71 Å². The SMILES string of the molecule is C/C(=N/NC(=O)[C@H]1Oc2ccccc2O[C@H]1c1ccccc1)c1ccncc1. The predicted octanol–water partition coefficient (Wildman–Crippen LogP) is 3.50. The van der Waals surface area contributed by atoms with Gasteiger partial charge in [0, 0.05) is 18.0 Å². The van der Waals surface area contributed by atoms with Crippen molar-refractivity contribution in [3.63, 3.8) is 0 Å². The van der Waals surface area contributed by atoms with Gasteiger partial charge in [0.1, 0.15) is 0 Å². The van der Waals surface area contributed by atoms with Crippen molar-refractivity contribution in [2.45, 2.75) is 19.1 Å². The van der Waals surface area contributed by atoms with E-state index >= 15 is 0 Å². The Morgan fingerprint density at radius 1 is 0.929 bits per heavy atom. The Morgan fingerprint density at radius 3 is 2.29 bits per heavy atom. The smallest absolute Gasteiger partial charge is 0.285 e. The Bertz CT molecular complexity index is 990. The first kappa shape index (κ1) is 17.7. The molecule has 0 aliphatic carbocycles. The Morgan fingerprint density at radius 2 is 1.57 bits per heavy atom. The van der Waals surface area contributed by atoms with E-state index in [0.717, 1.165) is 11.1 Å². The van der Waals surface area contributed by atoms with E-state index in [0.29, 0.717) is 17.2 Å². The monoisotopic (exact) mass is 373 g/mol. The molecule has 1 amide bonds. The van der Waals surface area contributed by atoms with Crippen LogP contribution in [-0.2, 0) is 4.79 Å². The average molecular weight is 373 g/mol. The first-order chi connectivity index (χ1) is 13.7. The van der Waals surface area contributed by atoms with Crippen LogP contribution in [0.1, 0.15) is 24.2 Å². The summed E-state index contributed by atoms with van der Waals surface area (Å²) in [7, 11) is 0. The number of para-hydroxylation sites is 2. The fraction of sp³-hybridized carbons (Fsp3) is 0.136. The molecule has 4 rings (SSSR count). The summed E-state index contributed by atoms with van der Waals surface area (Å²) >= 11 is 0. The second kappa shape index (κ2) is 7.92. The van der Waals surface area contributed by atoms with Gasteiger partial charge in [-0.25, -0.2) is 5.43 Å². The summed E-state index contributed by atoms with van der Waals surface area (Å²) in [6.45, 7) is 1.82. The molecular formula is C22H19N3O3. The van der Waals surface area contributed by atoms with E-state index in [4.69, 9.17) is 9.47 Å². The number of hydrogen-bond acceptors (Lipinski definition) is 5. The highest BCUT2D eigenvalue weighted by molar-refractivity contribution is 5.99. The third-order valence-electron chi connectivity index (χ3n) is 4.45. The van der Waals surface area contributed by atoms with Crippen LogP contribution < -0.4 is 14.9 Å². The quantitative estimate of drug-likeness (QED) is 0.561. The summed E-state index contributed by atoms with van der Waals surface area (Å²) in [5.74, 6) is 0.762. The minimum Gasteiger partial charge on any atom is -0.477 e. The van der Waals surface area contributed by atoms with Crippen molar-refractivity contribution < 1.29 is 14.3 Å². The molecule has 0 saturated carbocycles. The number of hydrazone groups is 1. The molecule has 0 saturated heterocycles. The van der Waals surface area contributed by atoms with Crippen LogP contribution >= 0.6 is 0 Å². The van der Waals surface area contributed by atoms with E-state index in [1.54, 1.807) is 18.5 Å². The Kier molecular flexibility index (Phi) is 5.01. The van der Waals surface area contributed by atoms with Gasteiger partial charge in [-0.2, -0.15) is 5.10 Å². The van der Waals surface area contributed by atoms with Crippen molar-refractivity contribution in [2.75, 3.05) is 0 Å². The lowest BCUT2D eigenvalue weighted by molar-refractivity contribution is -0.134. The molecule has 0 radical (unpaired) electrons. The van der Waals surface area contributed by atoms with Gasteiger partial charge in [-0.1, -0.05) is 42.5 Å². The summed E-state index contributed by atoms with van der Waals surface area (Å²) in [5.41, 5.74) is 5.00. The average Bonchev–Trinajstić information content (AvgIpc) is 2.77. The number of rotatable bonds is 4. The van der Waals surface area contributed by atoms with E-state index in [1.165, 1.54) is 0 Å². The minimum absolute atomic E-state index is 0.378. The van der Waals surface area contributed by atoms with Crippen LogP contribution in [0.2, 0.25) is 0 Å². The molecule has 3 aromatic rings. The normalized spacial score (nSPS) is 18.4. The second-order valence-corrected chi connectivity index (χ2v) is 6.34. The molecule has 2 heterocycles. The third kappa shape index (κ3) is 3.71. The van der Waals surface area contributed by atoms with Gasteiger partial charge >= 0.3 is 0 Å². The summed E-state index contributed by atoms with van der Waals surface area (Å²) in [6.07, 6.45) is 1.91. The van der Waals surface area contributed by atoms with Crippen molar-refractivity contribution >= 4 is 11.6 Å². The zero-order chi connectivity index (χ0) is 19.3. The van der Waals surface area contributed by atoms with E-state index in [-0.39, 0.29) is 5.91 Å². The molecule has 1 aromatic heterocycles. The summed E-state index contributed by atoms with van der Waals surface area (Å²) < 4.78 is 12.1. The van der Waals surface area contributed by atoms with Gasteiger partial charge < -0.3 is 9.47 Å². The lowest BCUT2D eigenvalue weighted by Gasteiger charge is -2.33. The first-order valence-corrected chi connectivity index (χ1v) is 8.94. The van der Waals surface area contributed by atoms with Crippen LogP contribution in [0, 0.1) is 0 Å². The number of carbonyl (C=O) groups excluding carboxylic acids is 1. The lowest BCUT2D eigenvalue weighted by atomic mass is 10.0. The van der Waals surface area contributed by atoms with Crippen LogP contribution in [0.25, 0.3) is 0 Å². The van der Waals surface area contributed by atoms with E-state index < -0.39 is 12.2 Å². The number of nitrogens with zero attached hydrogens (tertiary/aromatic N) is 2. The van der Waals surface area contributed by atoms with Crippen LogP contribution in [0.3, 0.4) is 0 Å². The molecule has 140 valence electrons. The van der Waals surface area contributed by atoms with Crippen molar-refractivity contribution in [2.24, 2.45) is 5.10 Å². The molecule has 1 aliphatic heterocycles. The van der Waals surface area contributed by atoms with Crippen molar-refractivity contribution in [3.8, 4) is 11.5 Å². The van der Waals surface area contributed by atoms with Crippen LogP contribution in [0.4, 0.5) is 0 Å². The number of fused-ring (bicyclic) bond motifs is 1. The van der Waals surface area contributed by atoms with E-state index in [1.807, 2.05) is 67.6 Å². The Hall–Kier alpha value is -3.67. The molecule has 28 heavy (non-hydrogen) atoms. The molecule has 1 N–H and O–H groups in total. The molecule has 6 heteroatoms. The highest BCUT2D eigenvalue weighted by Crippen LogP contribution is 2.39. The van der Waals surface area contributed by atoms with E-state index in [9.17, 15) is 4.79 Å². The molecule has 6 nitrogen and oxygen atoms in total. The van der Waals surface area contributed by atoms with Gasteiger partial charge in [-0.3, -0.25) is 9.78 Å². The highest BCUT2D eigenvalue weighted by atomic mass is 16.6. The molecule has 0 fully saturated rings. The molecular weight excluding hydrogens is 354 g/mol. The number of aromatic nitrogens is 1. The summed E-state index contributed by atoms with van der Waals surface area (Å²) in [6, 6.07) is 20.5. The maximum Gasteiger partial charge on any atom is 0.285 e. The molecule has 2 aromatic carbocycles. The maximum absolute atomic E-state index is 12.9. The first-order valence-electron chi connectivity index (χ1n) is 8.94. The number of pyridine rings is 1. The molecule has 1 aliphatic rings. The van der Waals surface area contributed by atoms with Gasteiger partial charge in [0.15, 0.2) is 17.6 Å². The van der Waals surface area contributed by atoms with Crippen molar-refractivity contribution in [1.82, 2.24) is 10.4 Å². The summed E-state index contributed by atoms with van der Waals surface area (Å²) in [4.78, 5) is 16.9. The van der Waals surface area contributed by atoms with Gasteiger partial charge in [0.25, 0.3) is 5.91 Å². The molecule has 0 unspecified atom stereocenters. The van der Waals surface area contributed by atoms with Gasteiger partial charge in [-0.05, 0) is 36.8 Å². The largest absolute Gasteiger partial charge is 0.477 e. The molecule has 0 bridgehead atoms. The number of benzene rings is 2. The molecule has 0 spiro atoms. The van der Waals surface area contributed by atoms with Crippen molar-refractivity contribution in [1.29, 1.82) is 0 Å². The number of amides is 1. The standard InChI is InChI=1S/C22H19N3O3/c1-15(16-11-13-23-14-12-16)24-25-22(26)21-20(17-7-3-2-4-8-17)27-18-9-5-6-10-19(18)28-21/h2-14,20-21H,1H3,(H,25,26)/b24-15-/t20-,21-/m0/s1. The maximum atomic E-state index is 12.9. The summed E-state index contributed by atoms with van der Waals surface area (Å²) in [5, 5.41) is 4.21. The molecule has 2 atom stereocenters. The zero-order valence-corrected chi connectivity index (χ0v) is 15.3. The Labute approximate surface area is 162 Å². The number of ether oxygens (including phenoxy) is 2. The number of nitrogens with one attached hydrogen (secondary N) is 1. The second-order valence-electron chi connectivity index (χ2n) is 6.34. The minimum atomic E-state index is -0.869. The topological polar surface area (TPSA) is 72.8 Å². The Balaban J connectivity index is 1.59.